The summed E-state index contributed by atoms with van der Waals surface area (Å²) in [6.07, 6.45) is 1.40. The molecule has 0 aliphatic rings. The minimum absolute atomic E-state index is 0.172. The fourth-order valence-electron chi connectivity index (χ4n) is 1.71. The third-order valence-corrected chi connectivity index (χ3v) is 2.70. The van der Waals surface area contributed by atoms with E-state index in [1.54, 1.807) is 0 Å². The van der Waals surface area contributed by atoms with Crippen LogP contribution in [0.4, 0.5) is 8.78 Å². The van der Waals surface area contributed by atoms with Crippen LogP contribution in [0.25, 0.3) is 0 Å². The van der Waals surface area contributed by atoms with Crippen LogP contribution in [0, 0.1) is 11.6 Å². The second-order valence-corrected chi connectivity index (χ2v) is 4.66. The Kier molecular flexibility index (Phi) is 6.83. The largest absolute Gasteiger partial charge is 0.316 e. The van der Waals surface area contributed by atoms with E-state index >= 15 is 0 Å². The van der Waals surface area contributed by atoms with Crippen LogP contribution in [0.1, 0.15) is 25.8 Å². The van der Waals surface area contributed by atoms with Crippen molar-refractivity contribution in [1.82, 2.24) is 10.6 Å². The van der Waals surface area contributed by atoms with Crippen molar-refractivity contribution < 1.29 is 8.78 Å². The summed E-state index contributed by atoms with van der Waals surface area (Å²) in [5.74, 6) is -0.920. The van der Waals surface area contributed by atoms with Gasteiger partial charge in [-0.25, -0.2) is 8.78 Å². The van der Waals surface area contributed by atoms with Crippen molar-refractivity contribution in [2.24, 2.45) is 0 Å². The lowest BCUT2D eigenvalue weighted by Gasteiger charge is -2.09. The molecule has 4 heteroatoms. The van der Waals surface area contributed by atoms with E-state index in [1.807, 2.05) is 0 Å². The quantitative estimate of drug-likeness (QED) is 0.698. The number of benzene rings is 1. The maximum Gasteiger partial charge on any atom is 0.129 e. The molecule has 0 atom stereocenters. The van der Waals surface area contributed by atoms with Gasteiger partial charge in [0.25, 0.3) is 0 Å². The highest BCUT2D eigenvalue weighted by Gasteiger charge is 2.06. The first-order valence-electron chi connectivity index (χ1n) is 6.48. The number of nitrogens with one attached hydrogen (secondary N) is 2. The van der Waals surface area contributed by atoms with E-state index in [-0.39, 0.29) is 5.56 Å². The van der Waals surface area contributed by atoms with Gasteiger partial charge in [-0.15, -0.1) is 0 Å². The highest BCUT2D eigenvalue weighted by molar-refractivity contribution is 5.19. The third-order valence-electron chi connectivity index (χ3n) is 2.70. The highest BCUT2D eigenvalue weighted by Crippen LogP contribution is 2.11. The molecule has 0 spiro atoms. The van der Waals surface area contributed by atoms with Crippen molar-refractivity contribution in [3.63, 3.8) is 0 Å². The van der Waals surface area contributed by atoms with Crippen LogP contribution in [0.2, 0.25) is 0 Å². The van der Waals surface area contributed by atoms with Crippen molar-refractivity contribution in [3.8, 4) is 0 Å². The van der Waals surface area contributed by atoms with Crippen LogP contribution in [0.15, 0.2) is 18.2 Å². The lowest BCUT2D eigenvalue weighted by molar-refractivity contribution is 0.531. The molecule has 0 bridgehead atoms. The zero-order valence-electron chi connectivity index (χ0n) is 11.1. The van der Waals surface area contributed by atoms with E-state index < -0.39 is 11.6 Å². The second kappa shape index (κ2) is 8.16. The van der Waals surface area contributed by atoms with Gasteiger partial charge in [0.05, 0.1) is 0 Å². The SMILES string of the molecule is CC(C)NCCCNCCc1c(F)cccc1F. The predicted octanol–water partition coefficient (Wildman–Crippen LogP) is 2.49. The molecular weight excluding hydrogens is 234 g/mol. The van der Waals surface area contributed by atoms with Gasteiger partial charge in [-0.2, -0.15) is 0 Å². The summed E-state index contributed by atoms with van der Waals surface area (Å²) in [5, 5.41) is 6.50. The van der Waals surface area contributed by atoms with Crippen LogP contribution in [0.3, 0.4) is 0 Å². The zero-order chi connectivity index (χ0) is 13.4. The molecular formula is C14H22F2N2. The fourth-order valence-corrected chi connectivity index (χ4v) is 1.71. The van der Waals surface area contributed by atoms with Gasteiger partial charge in [0.1, 0.15) is 11.6 Å². The Labute approximate surface area is 108 Å². The summed E-state index contributed by atoms with van der Waals surface area (Å²) in [7, 11) is 0. The minimum atomic E-state index is -0.460. The Balaban J connectivity index is 2.14. The Hall–Kier alpha value is -1.00. The molecule has 2 N–H and O–H groups in total. The van der Waals surface area contributed by atoms with Gasteiger partial charge in [0.15, 0.2) is 0 Å². The predicted molar refractivity (Wildman–Crippen MR) is 70.7 cm³/mol. The summed E-state index contributed by atoms with van der Waals surface area (Å²) in [4.78, 5) is 0. The molecule has 0 saturated carbocycles. The van der Waals surface area contributed by atoms with Gasteiger partial charge >= 0.3 is 0 Å². The molecule has 0 unspecified atom stereocenters. The molecule has 1 rings (SSSR count). The van der Waals surface area contributed by atoms with Gasteiger partial charge in [-0.05, 0) is 44.6 Å². The van der Waals surface area contributed by atoms with Gasteiger partial charge in [-0.1, -0.05) is 19.9 Å². The van der Waals surface area contributed by atoms with E-state index in [1.165, 1.54) is 18.2 Å². The maximum atomic E-state index is 13.3. The Bertz CT molecular complexity index is 333. The molecule has 0 fully saturated rings. The highest BCUT2D eigenvalue weighted by atomic mass is 19.1. The van der Waals surface area contributed by atoms with Crippen LogP contribution < -0.4 is 10.6 Å². The monoisotopic (exact) mass is 256 g/mol. The lowest BCUT2D eigenvalue weighted by atomic mass is 10.1. The number of halogens is 2. The summed E-state index contributed by atoms with van der Waals surface area (Å²) in [6, 6.07) is 4.48. The average Bonchev–Trinajstić information content (AvgIpc) is 2.30. The van der Waals surface area contributed by atoms with E-state index in [9.17, 15) is 8.78 Å². The first kappa shape index (κ1) is 15.1. The minimum Gasteiger partial charge on any atom is -0.316 e. The smallest absolute Gasteiger partial charge is 0.129 e. The average molecular weight is 256 g/mol. The van der Waals surface area contributed by atoms with Crippen molar-refractivity contribution in [2.45, 2.75) is 32.7 Å². The standard InChI is InChI=1S/C14H22F2N2/c1-11(2)18-9-4-8-17-10-7-12-13(15)5-3-6-14(12)16/h3,5-6,11,17-18H,4,7-10H2,1-2H3. The molecule has 0 aliphatic heterocycles. The second-order valence-electron chi connectivity index (χ2n) is 4.66. The summed E-state index contributed by atoms with van der Waals surface area (Å²) < 4.78 is 26.6. The van der Waals surface area contributed by atoms with Gasteiger partial charge in [-0.3, -0.25) is 0 Å². The molecule has 0 heterocycles. The zero-order valence-corrected chi connectivity index (χ0v) is 11.1. The number of hydrogen-bond donors (Lipinski definition) is 2. The van der Waals surface area contributed by atoms with E-state index in [2.05, 4.69) is 24.5 Å². The van der Waals surface area contributed by atoms with E-state index in [0.717, 1.165) is 19.5 Å². The maximum absolute atomic E-state index is 13.3. The van der Waals surface area contributed by atoms with Crippen LogP contribution in [-0.4, -0.2) is 25.7 Å². The number of hydrogen-bond acceptors (Lipinski definition) is 2. The Morgan fingerprint density at radius 1 is 1.06 bits per heavy atom. The summed E-state index contributed by atoms with van der Waals surface area (Å²) >= 11 is 0. The van der Waals surface area contributed by atoms with E-state index in [4.69, 9.17) is 0 Å². The molecule has 1 aromatic carbocycles. The molecule has 0 saturated heterocycles. The van der Waals surface area contributed by atoms with Crippen molar-refractivity contribution >= 4 is 0 Å². The topological polar surface area (TPSA) is 24.1 Å². The summed E-state index contributed by atoms with van der Waals surface area (Å²) in [6.45, 7) is 6.62. The van der Waals surface area contributed by atoms with Gasteiger partial charge in [0.2, 0.25) is 0 Å². The third kappa shape index (κ3) is 5.56. The Morgan fingerprint density at radius 2 is 1.72 bits per heavy atom. The van der Waals surface area contributed by atoms with Crippen molar-refractivity contribution in [2.75, 3.05) is 19.6 Å². The molecule has 18 heavy (non-hydrogen) atoms. The van der Waals surface area contributed by atoms with Crippen molar-refractivity contribution in [1.29, 1.82) is 0 Å². The van der Waals surface area contributed by atoms with Crippen LogP contribution in [0.5, 0.6) is 0 Å². The molecule has 1 aromatic rings. The fraction of sp³-hybridized carbons (Fsp3) is 0.571. The molecule has 2 nitrogen and oxygen atoms in total. The van der Waals surface area contributed by atoms with E-state index in [0.29, 0.717) is 19.0 Å². The molecule has 0 aliphatic carbocycles. The molecule has 0 aromatic heterocycles. The number of rotatable bonds is 8. The first-order chi connectivity index (χ1) is 8.61. The Morgan fingerprint density at radius 3 is 2.33 bits per heavy atom. The van der Waals surface area contributed by atoms with Crippen LogP contribution >= 0.6 is 0 Å². The molecule has 0 radical (unpaired) electrons. The summed E-state index contributed by atoms with van der Waals surface area (Å²) in [5.41, 5.74) is 0.172. The van der Waals surface area contributed by atoms with Gasteiger partial charge < -0.3 is 10.6 Å². The first-order valence-corrected chi connectivity index (χ1v) is 6.48. The van der Waals surface area contributed by atoms with Crippen LogP contribution in [-0.2, 0) is 6.42 Å². The van der Waals surface area contributed by atoms with Gasteiger partial charge in [0, 0.05) is 11.6 Å². The normalized spacial score (nSPS) is 11.2. The lowest BCUT2D eigenvalue weighted by Crippen LogP contribution is -2.27. The molecule has 102 valence electrons. The molecule has 0 amide bonds. The van der Waals surface area contributed by atoms with Crippen molar-refractivity contribution in [3.05, 3.63) is 35.4 Å².